The van der Waals surface area contributed by atoms with Gasteiger partial charge in [0.2, 0.25) is 0 Å². The first-order chi connectivity index (χ1) is 9.00. The second kappa shape index (κ2) is 5.23. The van der Waals surface area contributed by atoms with Gasteiger partial charge in [-0.15, -0.1) is 11.3 Å². The number of aromatic carboxylic acids is 1. The molecule has 0 aromatic carbocycles. The molecule has 0 aliphatic carbocycles. The van der Waals surface area contributed by atoms with Gasteiger partial charge in [0.25, 0.3) is 5.91 Å². The summed E-state index contributed by atoms with van der Waals surface area (Å²) >= 11 is 1.31. The average Bonchev–Trinajstić information content (AvgIpc) is 2.96. The number of rotatable bonds is 4. The van der Waals surface area contributed by atoms with Crippen molar-refractivity contribution in [3.8, 4) is 0 Å². The summed E-state index contributed by atoms with van der Waals surface area (Å²) in [5, 5.41) is 17.2. The third kappa shape index (κ3) is 2.65. The lowest BCUT2D eigenvalue weighted by Gasteiger charge is -2.10. The fraction of sp³-hybridized carbons (Fsp3) is 0.250. The van der Waals surface area contributed by atoms with Crippen LogP contribution >= 0.6 is 11.3 Å². The molecule has 2 rings (SSSR count). The number of carboxylic acids is 1. The van der Waals surface area contributed by atoms with Crippen molar-refractivity contribution in [2.45, 2.75) is 19.9 Å². The molecule has 2 N–H and O–H groups in total. The minimum Gasteiger partial charge on any atom is -0.477 e. The molecule has 0 radical (unpaired) electrons. The molecule has 1 amide bonds. The molecule has 0 saturated carbocycles. The van der Waals surface area contributed by atoms with Crippen LogP contribution < -0.4 is 5.32 Å². The predicted molar refractivity (Wildman–Crippen MR) is 68.4 cm³/mol. The van der Waals surface area contributed by atoms with Gasteiger partial charge in [0.15, 0.2) is 5.76 Å². The number of nitrogens with zero attached hydrogens (tertiary/aromatic N) is 1. The Labute approximate surface area is 113 Å². The van der Waals surface area contributed by atoms with Crippen LogP contribution in [0.15, 0.2) is 22.0 Å². The Morgan fingerprint density at radius 3 is 2.84 bits per heavy atom. The second-order valence-electron chi connectivity index (χ2n) is 3.98. The number of amides is 1. The van der Waals surface area contributed by atoms with E-state index in [2.05, 4.69) is 10.5 Å². The van der Waals surface area contributed by atoms with Crippen LogP contribution in [-0.2, 0) is 0 Å². The quantitative estimate of drug-likeness (QED) is 0.896. The normalized spacial score (nSPS) is 12.1. The van der Waals surface area contributed by atoms with Gasteiger partial charge >= 0.3 is 5.97 Å². The summed E-state index contributed by atoms with van der Waals surface area (Å²) in [5.74, 6) is -1.24. The molecule has 0 saturated heterocycles. The van der Waals surface area contributed by atoms with E-state index in [0.717, 1.165) is 0 Å². The van der Waals surface area contributed by atoms with E-state index in [9.17, 15) is 9.59 Å². The lowest BCUT2D eigenvalue weighted by atomic mass is 10.1. The zero-order chi connectivity index (χ0) is 14.0. The molecule has 0 bridgehead atoms. The molecule has 1 unspecified atom stereocenters. The largest absolute Gasteiger partial charge is 0.477 e. The van der Waals surface area contributed by atoms with Gasteiger partial charge in [-0.05, 0) is 25.3 Å². The van der Waals surface area contributed by atoms with Gasteiger partial charge in [0.05, 0.1) is 16.6 Å². The molecule has 0 spiro atoms. The van der Waals surface area contributed by atoms with Crippen LogP contribution in [-0.4, -0.2) is 22.1 Å². The van der Waals surface area contributed by atoms with Gasteiger partial charge < -0.3 is 14.9 Å². The fourth-order valence-electron chi connectivity index (χ4n) is 1.68. The number of hydrogen-bond acceptors (Lipinski definition) is 5. The number of aromatic nitrogens is 1. The first-order valence-electron chi connectivity index (χ1n) is 5.54. The summed E-state index contributed by atoms with van der Waals surface area (Å²) in [6.45, 7) is 3.20. The first-order valence-corrected chi connectivity index (χ1v) is 6.42. The Balaban J connectivity index is 2.19. The highest BCUT2D eigenvalue weighted by Gasteiger charge is 2.25. The number of carboxylic acid groups (broad SMARTS) is 1. The van der Waals surface area contributed by atoms with Crippen LogP contribution in [0.2, 0.25) is 0 Å². The smallest absolute Gasteiger partial charge is 0.341 e. The fourth-order valence-corrected chi connectivity index (χ4v) is 2.31. The van der Waals surface area contributed by atoms with Crippen LogP contribution in [0.4, 0.5) is 0 Å². The zero-order valence-corrected chi connectivity index (χ0v) is 11.2. The summed E-state index contributed by atoms with van der Waals surface area (Å²) in [5.41, 5.74) is 0.290. The Hall–Kier alpha value is -2.15. The van der Waals surface area contributed by atoms with Gasteiger partial charge in [0.1, 0.15) is 5.56 Å². The van der Waals surface area contributed by atoms with E-state index in [-0.39, 0.29) is 17.2 Å². The van der Waals surface area contributed by atoms with E-state index in [0.29, 0.717) is 10.6 Å². The van der Waals surface area contributed by atoms with Crippen LogP contribution in [0.3, 0.4) is 0 Å². The van der Waals surface area contributed by atoms with E-state index < -0.39 is 12.0 Å². The third-order valence-electron chi connectivity index (χ3n) is 2.59. The van der Waals surface area contributed by atoms with Crippen molar-refractivity contribution in [3.63, 3.8) is 0 Å². The van der Waals surface area contributed by atoms with Crippen LogP contribution in [0.1, 0.15) is 44.4 Å². The number of nitrogens with one attached hydrogen (secondary N) is 1. The van der Waals surface area contributed by atoms with Crippen LogP contribution in [0, 0.1) is 6.92 Å². The molecule has 19 heavy (non-hydrogen) atoms. The second-order valence-corrected chi connectivity index (χ2v) is 4.93. The summed E-state index contributed by atoms with van der Waals surface area (Å²) in [7, 11) is 0. The molecule has 1 atom stereocenters. The number of carbonyl (C=O) groups is 2. The average molecular weight is 280 g/mol. The third-order valence-corrected chi connectivity index (χ3v) is 3.46. The lowest BCUT2D eigenvalue weighted by Crippen LogP contribution is -2.26. The molecular formula is C12H12N2O4S. The van der Waals surface area contributed by atoms with Crippen molar-refractivity contribution >= 4 is 23.2 Å². The van der Waals surface area contributed by atoms with Crippen molar-refractivity contribution in [2.24, 2.45) is 0 Å². The van der Waals surface area contributed by atoms with E-state index in [1.807, 2.05) is 0 Å². The minimum absolute atomic E-state index is 0.000945. The molecule has 2 aromatic rings. The van der Waals surface area contributed by atoms with E-state index in [4.69, 9.17) is 9.63 Å². The van der Waals surface area contributed by atoms with Gasteiger partial charge in [-0.2, -0.15) is 0 Å². The first kappa shape index (κ1) is 13.3. The van der Waals surface area contributed by atoms with Gasteiger partial charge in [-0.3, -0.25) is 4.79 Å². The lowest BCUT2D eigenvalue weighted by molar-refractivity contribution is 0.0690. The van der Waals surface area contributed by atoms with Crippen molar-refractivity contribution in [1.29, 1.82) is 0 Å². The Morgan fingerprint density at radius 2 is 2.26 bits per heavy atom. The predicted octanol–water partition coefficient (Wildman–Crippen LogP) is 2.23. The number of aryl methyl sites for hydroxylation is 1. The zero-order valence-electron chi connectivity index (χ0n) is 10.3. The van der Waals surface area contributed by atoms with Crippen molar-refractivity contribution in [1.82, 2.24) is 10.5 Å². The molecule has 2 aromatic heterocycles. The molecule has 0 fully saturated rings. The molecule has 7 heteroatoms. The maximum atomic E-state index is 11.9. The molecule has 6 nitrogen and oxygen atoms in total. The van der Waals surface area contributed by atoms with Crippen molar-refractivity contribution in [3.05, 3.63) is 39.4 Å². The molecule has 0 aliphatic rings. The highest BCUT2D eigenvalue weighted by Crippen LogP contribution is 2.21. The van der Waals surface area contributed by atoms with E-state index in [1.54, 1.807) is 31.4 Å². The van der Waals surface area contributed by atoms with Gasteiger partial charge in [0, 0.05) is 0 Å². The van der Waals surface area contributed by atoms with Gasteiger partial charge in [-0.25, -0.2) is 4.79 Å². The summed E-state index contributed by atoms with van der Waals surface area (Å²) < 4.78 is 4.99. The molecule has 0 aliphatic heterocycles. The van der Waals surface area contributed by atoms with Crippen LogP contribution in [0.25, 0.3) is 0 Å². The number of thiophene rings is 1. The van der Waals surface area contributed by atoms with Crippen LogP contribution in [0.5, 0.6) is 0 Å². The van der Waals surface area contributed by atoms with Gasteiger partial charge in [-0.1, -0.05) is 11.2 Å². The molecule has 100 valence electrons. The number of hydrogen-bond donors (Lipinski definition) is 2. The maximum absolute atomic E-state index is 11.9. The monoisotopic (exact) mass is 280 g/mol. The van der Waals surface area contributed by atoms with Crippen molar-refractivity contribution in [2.75, 3.05) is 0 Å². The van der Waals surface area contributed by atoms with Crippen molar-refractivity contribution < 1.29 is 19.2 Å². The summed E-state index contributed by atoms with van der Waals surface area (Å²) in [4.78, 5) is 23.5. The SMILES string of the molecule is Cc1noc(C(C)NC(=O)c2cccs2)c1C(=O)O. The highest BCUT2D eigenvalue weighted by molar-refractivity contribution is 7.12. The van der Waals surface area contributed by atoms with E-state index >= 15 is 0 Å². The Bertz CT molecular complexity index is 603. The number of carbonyl (C=O) groups excluding carboxylic acids is 1. The topological polar surface area (TPSA) is 92.4 Å². The standard InChI is InChI=1S/C12H12N2O4S/c1-6-9(12(16)17)10(18-14-6)7(2)13-11(15)8-4-3-5-19-8/h3-5,7H,1-2H3,(H,13,15)(H,16,17). The van der Waals surface area contributed by atoms with E-state index in [1.165, 1.54) is 11.3 Å². The minimum atomic E-state index is -1.12. The Morgan fingerprint density at radius 1 is 1.53 bits per heavy atom. The molecule has 2 heterocycles. The molecular weight excluding hydrogens is 268 g/mol. The summed E-state index contributed by atoms with van der Waals surface area (Å²) in [6.07, 6.45) is 0. The maximum Gasteiger partial charge on any atom is 0.341 e. The summed E-state index contributed by atoms with van der Waals surface area (Å²) in [6, 6.07) is 2.89. The Kier molecular flexibility index (Phi) is 3.66. The highest BCUT2D eigenvalue weighted by atomic mass is 32.1.